The van der Waals surface area contributed by atoms with E-state index in [9.17, 15) is 0 Å². The van der Waals surface area contributed by atoms with Gasteiger partial charge < -0.3 is 0 Å². The van der Waals surface area contributed by atoms with Crippen LogP contribution in [0.2, 0.25) is 0 Å². The predicted octanol–water partition coefficient (Wildman–Crippen LogP) is 5.82. The van der Waals surface area contributed by atoms with Gasteiger partial charge in [0.15, 0.2) is 0 Å². The van der Waals surface area contributed by atoms with Gasteiger partial charge in [-0.2, -0.15) is 0 Å². The molecule has 0 amide bonds. The van der Waals surface area contributed by atoms with Crippen molar-refractivity contribution >= 4 is 0 Å². The minimum absolute atomic E-state index is 0.735. The van der Waals surface area contributed by atoms with Gasteiger partial charge in [-0.15, -0.1) is 0 Å². The van der Waals surface area contributed by atoms with Gasteiger partial charge in [-0.1, -0.05) is 37.3 Å². The van der Waals surface area contributed by atoms with E-state index in [1.54, 1.807) is 5.56 Å². The first-order valence-electron chi connectivity index (χ1n) is 9.11. The summed E-state index contributed by atoms with van der Waals surface area (Å²) in [5.41, 5.74) is 8.16. The molecule has 1 heteroatoms. The number of nitrogens with zero attached hydrogens (tertiary/aromatic N) is 1. The second-order valence-corrected chi connectivity index (χ2v) is 7.76. The van der Waals surface area contributed by atoms with Crippen LogP contribution in [0.5, 0.6) is 0 Å². The Morgan fingerprint density at radius 2 is 1.70 bits per heavy atom. The van der Waals surface area contributed by atoms with Crippen molar-refractivity contribution in [3.63, 3.8) is 0 Å². The molecule has 2 aliphatic carbocycles. The van der Waals surface area contributed by atoms with Gasteiger partial charge in [0.25, 0.3) is 0 Å². The third-order valence-corrected chi connectivity index (χ3v) is 6.66. The van der Waals surface area contributed by atoms with Gasteiger partial charge in [0.2, 0.25) is 0 Å². The van der Waals surface area contributed by atoms with E-state index in [1.165, 1.54) is 47.3 Å². The number of hydrogen-bond acceptors (Lipinski definition) is 1. The van der Waals surface area contributed by atoms with Gasteiger partial charge in [0.05, 0.1) is 0 Å². The van der Waals surface area contributed by atoms with Crippen molar-refractivity contribution in [2.45, 2.75) is 52.9 Å². The van der Waals surface area contributed by atoms with Crippen molar-refractivity contribution in [2.75, 3.05) is 0 Å². The van der Waals surface area contributed by atoms with Crippen LogP contribution in [0.4, 0.5) is 0 Å². The first-order valence-corrected chi connectivity index (χ1v) is 9.11. The fraction of sp³-hybridized carbons (Fsp3) is 0.500. The summed E-state index contributed by atoms with van der Waals surface area (Å²) in [6.45, 7) is 9.19. The molecular formula is C22H27N. The third-order valence-electron chi connectivity index (χ3n) is 6.66. The quantitative estimate of drug-likeness (QED) is 0.681. The van der Waals surface area contributed by atoms with Crippen LogP contribution in [-0.2, 0) is 0 Å². The van der Waals surface area contributed by atoms with Gasteiger partial charge in [0.1, 0.15) is 0 Å². The van der Waals surface area contributed by atoms with E-state index >= 15 is 0 Å². The van der Waals surface area contributed by atoms with Gasteiger partial charge >= 0.3 is 0 Å². The summed E-state index contributed by atoms with van der Waals surface area (Å²) in [6.07, 6.45) is 4.25. The summed E-state index contributed by atoms with van der Waals surface area (Å²) in [7, 11) is 0. The summed E-state index contributed by atoms with van der Waals surface area (Å²) < 4.78 is 0. The molecule has 0 saturated heterocycles. The molecule has 1 nitrogen and oxygen atoms in total. The van der Waals surface area contributed by atoms with Crippen LogP contribution in [-0.4, -0.2) is 4.98 Å². The molecule has 0 spiro atoms. The van der Waals surface area contributed by atoms with Crippen LogP contribution < -0.4 is 0 Å². The van der Waals surface area contributed by atoms with Crippen LogP contribution >= 0.6 is 0 Å². The van der Waals surface area contributed by atoms with E-state index in [0.717, 1.165) is 23.7 Å². The number of benzene rings is 1. The first-order chi connectivity index (χ1) is 11.1. The Hall–Kier alpha value is -1.63. The van der Waals surface area contributed by atoms with Gasteiger partial charge in [0, 0.05) is 17.0 Å². The van der Waals surface area contributed by atoms with Gasteiger partial charge in [-0.25, -0.2) is 0 Å². The number of aromatic nitrogens is 1. The summed E-state index contributed by atoms with van der Waals surface area (Å²) >= 11 is 0. The maximum absolute atomic E-state index is 4.96. The molecular weight excluding hydrogens is 278 g/mol. The van der Waals surface area contributed by atoms with E-state index in [-0.39, 0.29) is 0 Å². The van der Waals surface area contributed by atoms with Crippen LogP contribution in [0.3, 0.4) is 0 Å². The lowest BCUT2D eigenvalue weighted by Crippen LogP contribution is -2.15. The standard InChI is InChI=1S/C22H27N/c1-13-18-10-11-19(13)20(12-18)22-14(2)21(15(3)23-16(22)4)17-8-6-5-7-9-17/h5-9,13,18-20H,10-12H2,1-4H3/t13?,18?,19?,20-/m0/s1. The number of pyridine rings is 1. The number of hydrogen-bond donors (Lipinski definition) is 0. The Balaban J connectivity index is 1.85. The lowest BCUT2D eigenvalue weighted by molar-refractivity contribution is 0.405. The Bertz CT molecular complexity index is 731. The van der Waals surface area contributed by atoms with Crippen molar-refractivity contribution in [1.82, 2.24) is 4.98 Å². The van der Waals surface area contributed by atoms with Crippen LogP contribution in [0.1, 0.15) is 54.6 Å². The van der Waals surface area contributed by atoms with E-state index in [1.807, 2.05) is 0 Å². The smallest absolute Gasteiger partial charge is 0.0457 e. The molecule has 120 valence electrons. The molecule has 0 radical (unpaired) electrons. The van der Waals surface area contributed by atoms with Crippen LogP contribution in [0.15, 0.2) is 30.3 Å². The minimum atomic E-state index is 0.735. The normalized spacial score (nSPS) is 29.2. The van der Waals surface area contributed by atoms with Crippen LogP contribution in [0, 0.1) is 38.5 Å². The minimum Gasteiger partial charge on any atom is -0.258 e. The molecule has 1 aromatic carbocycles. The van der Waals surface area contributed by atoms with Crippen molar-refractivity contribution in [1.29, 1.82) is 0 Å². The number of aryl methyl sites for hydroxylation is 2. The van der Waals surface area contributed by atoms with E-state index < -0.39 is 0 Å². The third kappa shape index (κ3) is 2.24. The van der Waals surface area contributed by atoms with Gasteiger partial charge in [-0.3, -0.25) is 4.98 Å². The molecule has 2 aromatic rings. The monoisotopic (exact) mass is 305 g/mol. The Kier molecular flexibility index (Phi) is 3.55. The summed E-state index contributed by atoms with van der Waals surface area (Å²) in [4.78, 5) is 4.96. The highest BCUT2D eigenvalue weighted by molar-refractivity contribution is 5.71. The van der Waals surface area contributed by atoms with E-state index in [2.05, 4.69) is 58.0 Å². The van der Waals surface area contributed by atoms with Crippen molar-refractivity contribution in [2.24, 2.45) is 17.8 Å². The van der Waals surface area contributed by atoms with Crippen LogP contribution in [0.25, 0.3) is 11.1 Å². The Labute approximate surface area is 140 Å². The lowest BCUT2D eigenvalue weighted by Gasteiger charge is -2.27. The highest BCUT2D eigenvalue weighted by Crippen LogP contribution is 2.57. The Morgan fingerprint density at radius 3 is 2.30 bits per heavy atom. The molecule has 4 atom stereocenters. The topological polar surface area (TPSA) is 12.9 Å². The lowest BCUT2D eigenvalue weighted by atomic mass is 9.78. The summed E-state index contributed by atoms with van der Waals surface area (Å²) in [6, 6.07) is 10.8. The SMILES string of the molecule is Cc1nc(C)c([C@H]2CC3CCC2C3C)c(C)c1-c1ccccc1. The Morgan fingerprint density at radius 1 is 0.957 bits per heavy atom. The molecule has 2 fully saturated rings. The fourth-order valence-corrected chi connectivity index (χ4v) is 5.64. The maximum Gasteiger partial charge on any atom is 0.0457 e. The molecule has 2 bridgehead atoms. The molecule has 0 aliphatic heterocycles. The second-order valence-electron chi connectivity index (χ2n) is 7.76. The summed E-state index contributed by atoms with van der Waals surface area (Å²) in [5.74, 6) is 3.47. The average molecular weight is 305 g/mol. The van der Waals surface area contributed by atoms with Crippen molar-refractivity contribution < 1.29 is 0 Å². The molecule has 1 heterocycles. The molecule has 23 heavy (non-hydrogen) atoms. The molecule has 4 rings (SSSR count). The molecule has 3 unspecified atom stereocenters. The highest BCUT2D eigenvalue weighted by Gasteiger charge is 2.47. The molecule has 2 saturated carbocycles. The van der Waals surface area contributed by atoms with E-state index in [0.29, 0.717) is 0 Å². The number of rotatable bonds is 2. The van der Waals surface area contributed by atoms with Gasteiger partial charge in [-0.05, 0) is 80.4 Å². The molecule has 1 aromatic heterocycles. The molecule has 0 N–H and O–H groups in total. The zero-order valence-corrected chi connectivity index (χ0v) is 14.8. The molecule has 2 aliphatic rings. The average Bonchev–Trinajstić information content (AvgIpc) is 3.03. The fourth-order valence-electron chi connectivity index (χ4n) is 5.64. The van der Waals surface area contributed by atoms with Crippen molar-refractivity contribution in [3.8, 4) is 11.1 Å². The zero-order chi connectivity index (χ0) is 16.1. The summed E-state index contributed by atoms with van der Waals surface area (Å²) in [5, 5.41) is 0. The largest absolute Gasteiger partial charge is 0.258 e. The zero-order valence-electron chi connectivity index (χ0n) is 14.8. The van der Waals surface area contributed by atoms with E-state index in [4.69, 9.17) is 4.98 Å². The van der Waals surface area contributed by atoms with Crippen molar-refractivity contribution in [3.05, 3.63) is 52.8 Å². The number of fused-ring (bicyclic) bond motifs is 2. The maximum atomic E-state index is 4.96. The second kappa shape index (κ2) is 5.47. The highest BCUT2D eigenvalue weighted by atomic mass is 14.7. The predicted molar refractivity (Wildman–Crippen MR) is 96.6 cm³/mol. The first kappa shape index (κ1) is 14.9.